The fourth-order valence-electron chi connectivity index (χ4n) is 3.04. The lowest BCUT2D eigenvalue weighted by Gasteiger charge is -2.34. The molecule has 1 atom stereocenters. The molecule has 0 aliphatic carbocycles. The lowest BCUT2D eigenvalue weighted by molar-refractivity contribution is 0.271. The molecule has 1 N–H and O–H groups in total. The Kier molecular flexibility index (Phi) is 7.29. The standard InChI is InChI=1S/C19H31N3O2S/c1-4-17(15-25(23,24)18-9-7-6-8-10-18)21-19(20-5-2)22-13-11-16(3)12-14-22/h6-10,16-17H,4-5,11-15H2,1-3H3,(H,20,21). The Bertz CT molecular complexity index is 651. The lowest BCUT2D eigenvalue weighted by atomic mass is 9.99. The number of sulfone groups is 1. The van der Waals surface area contributed by atoms with E-state index in [-0.39, 0.29) is 11.8 Å². The van der Waals surface area contributed by atoms with Crippen molar-refractivity contribution in [1.82, 2.24) is 10.2 Å². The van der Waals surface area contributed by atoms with E-state index in [2.05, 4.69) is 22.1 Å². The molecule has 1 aromatic carbocycles. The molecule has 140 valence electrons. The summed E-state index contributed by atoms with van der Waals surface area (Å²) in [5, 5.41) is 3.41. The third kappa shape index (κ3) is 5.73. The van der Waals surface area contributed by atoms with Gasteiger partial charge in [0.1, 0.15) is 0 Å². The van der Waals surface area contributed by atoms with Gasteiger partial charge in [-0.05, 0) is 44.2 Å². The molecule has 25 heavy (non-hydrogen) atoms. The summed E-state index contributed by atoms with van der Waals surface area (Å²) in [5.41, 5.74) is 0. The molecule has 0 saturated carbocycles. The number of rotatable bonds is 6. The van der Waals surface area contributed by atoms with Crippen LogP contribution in [-0.2, 0) is 9.84 Å². The molecule has 1 aliphatic heterocycles. The van der Waals surface area contributed by atoms with Crippen LogP contribution in [0.25, 0.3) is 0 Å². The fraction of sp³-hybridized carbons (Fsp3) is 0.632. The summed E-state index contributed by atoms with van der Waals surface area (Å²) in [6.45, 7) is 8.96. The molecule has 1 fully saturated rings. The van der Waals surface area contributed by atoms with Crippen molar-refractivity contribution >= 4 is 15.8 Å². The minimum atomic E-state index is -3.31. The first-order valence-corrected chi connectivity index (χ1v) is 10.9. The van der Waals surface area contributed by atoms with E-state index in [4.69, 9.17) is 0 Å². The number of piperidine rings is 1. The summed E-state index contributed by atoms with van der Waals surface area (Å²) in [5.74, 6) is 1.68. The number of benzene rings is 1. The number of hydrogen-bond donors (Lipinski definition) is 1. The van der Waals surface area contributed by atoms with Crippen molar-refractivity contribution in [3.63, 3.8) is 0 Å². The molecule has 0 radical (unpaired) electrons. The molecule has 6 heteroatoms. The average Bonchev–Trinajstić information content (AvgIpc) is 2.62. The van der Waals surface area contributed by atoms with Gasteiger partial charge < -0.3 is 10.2 Å². The smallest absolute Gasteiger partial charge is 0.194 e. The van der Waals surface area contributed by atoms with Crippen LogP contribution in [0, 0.1) is 5.92 Å². The Labute approximate surface area is 152 Å². The number of aliphatic imine (C=N–C) groups is 1. The summed E-state index contributed by atoms with van der Waals surface area (Å²) >= 11 is 0. The van der Waals surface area contributed by atoms with Gasteiger partial charge in [-0.15, -0.1) is 0 Å². The number of likely N-dealkylation sites (tertiary alicyclic amines) is 1. The summed E-state index contributed by atoms with van der Waals surface area (Å²) < 4.78 is 25.3. The zero-order valence-electron chi connectivity index (χ0n) is 15.6. The van der Waals surface area contributed by atoms with Crippen LogP contribution in [0.4, 0.5) is 0 Å². The van der Waals surface area contributed by atoms with Crippen LogP contribution in [-0.4, -0.2) is 50.7 Å². The monoisotopic (exact) mass is 365 g/mol. The van der Waals surface area contributed by atoms with E-state index in [1.807, 2.05) is 19.9 Å². The Morgan fingerprint density at radius 3 is 2.44 bits per heavy atom. The molecule has 1 aliphatic rings. The van der Waals surface area contributed by atoms with Crippen molar-refractivity contribution in [3.8, 4) is 0 Å². The Hall–Kier alpha value is -1.56. The second-order valence-corrected chi connectivity index (χ2v) is 8.85. The largest absolute Gasteiger partial charge is 0.352 e. The number of hydrogen-bond acceptors (Lipinski definition) is 3. The topological polar surface area (TPSA) is 61.8 Å². The molecule has 0 spiro atoms. The molecule has 0 amide bonds. The highest BCUT2D eigenvalue weighted by molar-refractivity contribution is 7.91. The molecular weight excluding hydrogens is 334 g/mol. The van der Waals surface area contributed by atoms with E-state index < -0.39 is 9.84 Å². The summed E-state index contributed by atoms with van der Waals surface area (Å²) in [6.07, 6.45) is 3.05. The lowest BCUT2D eigenvalue weighted by Crippen LogP contribution is -2.50. The number of nitrogens with zero attached hydrogens (tertiary/aromatic N) is 2. The highest BCUT2D eigenvalue weighted by atomic mass is 32.2. The number of guanidine groups is 1. The van der Waals surface area contributed by atoms with Crippen LogP contribution in [0.5, 0.6) is 0 Å². The third-order valence-corrected chi connectivity index (χ3v) is 6.57. The second-order valence-electron chi connectivity index (χ2n) is 6.81. The highest BCUT2D eigenvalue weighted by Gasteiger charge is 2.24. The fourth-order valence-corrected chi connectivity index (χ4v) is 4.65. The zero-order chi connectivity index (χ0) is 18.3. The van der Waals surface area contributed by atoms with E-state index >= 15 is 0 Å². The van der Waals surface area contributed by atoms with Crippen molar-refractivity contribution in [1.29, 1.82) is 0 Å². The van der Waals surface area contributed by atoms with Gasteiger partial charge in [-0.3, -0.25) is 4.99 Å². The van der Waals surface area contributed by atoms with E-state index in [0.717, 1.165) is 44.2 Å². The van der Waals surface area contributed by atoms with Crippen molar-refractivity contribution in [2.24, 2.45) is 10.9 Å². The van der Waals surface area contributed by atoms with Crippen LogP contribution >= 0.6 is 0 Å². The molecule has 2 rings (SSSR count). The molecule has 1 unspecified atom stereocenters. The van der Waals surface area contributed by atoms with Crippen LogP contribution in [0.3, 0.4) is 0 Å². The maximum absolute atomic E-state index is 12.7. The van der Waals surface area contributed by atoms with Gasteiger partial charge in [-0.25, -0.2) is 8.42 Å². The van der Waals surface area contributed by atoms with Gasteiger partial charge in [-0.2, -0.15) is 0 Å². The normalized spacial score (nSPS) is 18.2. The first-order chi connectivity index (χ1) is 12.0. The van der Waals surface area contributed by atoms with Gasteiger partial charge in [0.15, 0.2) is 15.8 Å². The summed E-state index contributed by atoms with van der Waals surface area (Å²) in [6, 6.07) is 8.54. The van der Waals surface area contributed by atoms with E-state index in [9.17, 15) is 8.42 Å². The summed E-state index contributed by atoms with van der Waals surface area (Å²) in [7, 11) is -3.31. The molecular formula is C19H31N3O2S. The Balaban J connectivity index is 2.07. The maximum atomic E-state index is 12.7. The van der Waals surface area contributed by atoms with Gasteiger partial charge in [0, 0.05) is 25.7 Å². The molecule has 1 saturated heterocycles. The van der Waals surface area contributed by atoms with Crippen LogP contribution < -0.4 is 5.32 Å². The number of nitrogens with one attached hydrogen (secondary N) is 1. The van der Waals surface area contributed by atoms with Crippen molar-refractivity contribution in [2.75, 3.05) is 25.4 Å². The summed E-state index contributed by atoms with van der Waals surface area (Å²) in [4.78, 5) is 7.25. The van der Waals surface area contributed by atoms with Gasteiger partial charge in [0.25, 0.3) is 0 Å². The Morgan fingerprint density at radius 1 is 1.24 bits per heavy atom. The SMILES string of the molecule is CCN=C(NC(CC)CS(=O)(=O)c1ccccc1)N1CCC(C)CC1. The highest BCUT2D eigenvalue weighted by Crippen LogP contribution is 2.17. The third-order valence-electron chi connectivity index (χ3n) is 4.74. The van der Waals surface area contributed by atoms with Crippen molar-refractivity contribution < 1.29 is 8.42 Å². The van der Waals surface area contributed by atoms with Gasteiger partial charge in [-0.1, -0.05) is 32.0 Å². The second kappa shape index (κ2) is 9.22. The molecule has 0 bridgehead atoms. The van der Waals surface area contributed by atoms with Crippen LogP contribution in [0.2, 0.25) is 0 Å². The molecule has 5 nitrogen and oxygen atoms in total. The molecule has 1 aromatic rings. The predicted molar refractivity (Wildman–Crippen MR) is 104 cm³/mol. The molecule has 0 aromatic heterocycles. The van der Waals surface area contributed by atoms with Gasteiger partial charge >= 0.3 is 0 Å². The first-order valence-electron chi connectivity index (χ1n) is 9.30. The zero-order valence-corrected chi connectivity index (χ0v) is 16.4. The minimum Gasteiger partial charge on any atom is -0.352 e. The van der Waals surface area contributed by atoms with Crippen LogP contribution in [0.1, 0.15) is 40.0 Å². The van der Waals surface area contributed by atoms with Gasteiger partial charge in [0.05, 0.1) is 10.6 Å². The first kappa shape index (κ1) is 19.8. The molecule has 1 heterocycles. The van der Waals surface area contributed by atoms with Crippen LogP contribution in [0.15, 0.2) is 40.2 Å². The maximum Gasteiger partial charge on any atom is 0.194 e. The van der Waals surface area contributed by atoms with E-state index in [1.54, 1.807) is 24.3 Å². The van der Waals surface area contributed by atoms with Crippen molar-refractivity contribution in [3.05, 3.63) is 30.3 Å². The minimum absolute atomic E-state index is 0.0838. The quantitative estimate of drug-likeness (QED) is 0.622. The average molecular weight is 366 g/mol. The predicted octanol–water partition coefficient (Wildman–Crippen LogP) is 2.94. The van der Waals surface area contributed by atoms with Gasteiger partial charge in [0.2, 0.25) is 0 Å². The van der Waals surface area contributed by atoms with E-state index in [0.29, 0.717) is 11.4 Å². The van der Waals surface area contributed by atoms with Crippen molar-refractivity contribution in [2.45, 2.75) is 51.0 Å². The van der Waals surface area contributed by atoms with E-state index in [1.165, 1.54) is 0 Å². The Morgan fingerprint density at radius 2 is 1.88 bits per heavy atom.